The Morgan fingerprint density at radius 2 is 1.50 bits per heavy atom. The fraction of sp³-hybridized carbons (Fsp3) is 0.105. The summed E-state index contributed by atoms with van der Waals surface area (Å²) in [4.78, 5) is 7.78. The first-order valence-electron chi connectivity index (χ1n) is 8.61. The van der Waals surface area contributed by atoms with Crippen molar-refractivity contribution in [2.24, 2.45) is 0 Å². The van der Waals surface area contributed by atoms with Crippen molar-refractivity contribution in [1.82, 2.24) is 9.97 Å². The van der Waals surface area contributed by atoms with Crippen LogP contribution in [0.5, 0.6) is 11.5 Å². The topological polar surface area (TPSA) is 114 Å². The van der Waals surface area contributed by atoms with Gasteiger partial charge in [-0.15, -0.1) is 0 Å². The number of hydrogen-bond donors (Lipinski definition) is 3. The molecule has 30 heavy (non-hydrogen) atoms. The highest BCUT2D eigenvalue weighted by atomic mass is 32.2. The molecule has 3 N–H and O–H groups in total. The van der Waals surface area contributed by atoms with Gasteiger partial charge in [-0.2, -0.15) is 0 Å². The van der Waals surface area contributed by atoms with E-state index in [9.17, 15) is 8.42 Å². The number of anilines is 3. The number of ether oxygens (including phenoxy) is 2. The predicted octanol–water partition coefficient (Wildman–Crippen LogP) is 3.10. The molecule has 3 rings (SSSR count). The largest absolute Gasteiger partial charge is 0.493 e. The number of nitrogens with zero attached hydrogens (tertiary/aromatic N) is 2. The van der Waals surface area contributed by atoms with Crippen molar-refractivity contribution in [2.75, 3.05) is 29.6 Å². The zero-order valence-electron chi connectivity index (χ0n) is 16.1. The Balaban J connectivity index is 1.64. The molecule has 0 fully saturated rings. The van der Waals surface area contributed by atoms with Gasteiger partial charge in [0.05, 0.1) is 19.1 Å². The van der Waals surface area contributed by atoms with Crippen molar-refractivity contribution >= 4 is 44.7 Å². The molecule has 0 bridgehead atoms. The minimum Gasteiger partial charge on any atom is -0.493 e. The molecule has 0 atom stereocenters. The number of thiocarbonyl (C=S) groups is 1. The summed E-state index contributed by atoms with van der Waals surface area (Å²) in [6, 6.07) is 13.0. The van der Waals surface area contributed by atoms with Gasteiger partial charge in [-0.05, 0) is 54.7 Å². The summed E-state index contributed by atoms with van der Waals surface area (Å²) in [6.45, 7) is 0. The van der Waals surface area contributed by atoms with Gasteiger partial charge in [-0.1, -0.05) is 0 Å². The van der Waals surface area contributed by atoms with Crippen LogP contribution < -0.4 is 24.8 Å². The Hall–Kier alpha value is -3.44. The third kappa shape index (κ3) is 5.33. The van der Waals surface area contributed by atoms with Gasteiger partial charge in [-0.3, -0.25) is 0 Å². The van der Waals surface area contributed by atoms with E-state index in [0.717, 1.165) is 0 Å². The number of nitrogens with one attached hydrogen (secondary N) is 3. The molecule has 0 aliphatic heterocycles. The average molecular weight is 446 g/mol. The molecule has 0 aliphatic rings. The second-order valence-electron chi connectivity index (χ2n) is 5.85. The molecule has 0 spiro atoms. The van der Waals surface area contributed by atoms with E-state index in [-0.39, 0.29) is 10.8 Å². The van der Waals surface area contributed by atoms with Crippen LogP contribution in [-0.4, -0.2) is 37.7 Å². The lowest BCUT2D eigenvalue weighted by atomic mass is 10.2. The molecule has 1 heterocycles. The lowest BCUT2D eigenvalue weighted by Gasteiger charge is -2.13. The van der Waals surface area contributed by atoms with Crippen LogP contribution in [-0.2, 0) is 10.0 Å². The Morgan fingerprint density at radius 3 is 2.13 bits per heavy atom. The Morgan fingerprint density at radius 1 is 0.900 bits per heavy atom. The van der Waals surface area contributed by atoms with Gasteiger partial charge in [0.1, 0.15) is 0 Å². The van der Waals surface area contributed by atoms with E-state index >= 15 is 0 Å². The van der Waals surface area contributed by atoms with Gasteiger partial charge in [0, 0.05) is 29.8 Å². The SMILES string of the molecule is COc1ccc(NC(=S)Nc2ccc(S(=O)(=O)Nc3ncccn3)cc2)cc1OC. The van der Waals surface area contributed by atoms with Crippen molar-refractivity contribution in [3.8, 4) is 11.5 Å². The number of hydrogen-bond acceptors (Lipinski definition) is 7. The molecule has 0 amide bonds. The van der Waals surface area contributed by atoms with Gasteiger partial charge in [-0.25, -0.2) is 23.1 Å². The van der Waals surface area contributed by atoms with E-state index in [0.29, 0.717) is 28.0 Å². The normalized spacial score (nSPS) is 10.7. The van der Waals surface area contributed by atoms with Gasteiger partial charge in [0.15, 0.2) is 16.6 Å². The third-order valence-electron chi connectivity index (χ3n) is 3.86. The maximum absolute atomic E-state index is 12.4. The second-order valence-corrected chi connectivity index (χ2v) is 7.94. The van der Waals surface area contributed by atoms with Crippen LogP contribution in [0.3, 0.4) is 0 Å². The molecule has 0 aliphatic carbocycles. The number of methoxy groups -OCH3 is 2. The molecule has 1 aromatic heterocycles. The Bertz CT molecular complexity index is 1120. The predicted molar refractivity (Wildman–Crippen MR) is 119 cm³/mol. The van der Waals surface area contributed by atoms with Crippen molar-refractivity contribution in [1.29, 1.82) is 0 Å². The first-order valence-corrected chi connectivity index (χ1v) is 10.5. The molecular weight excluding hydrogens is 426 g/mol. The summed E-state index contributed by atoms with van der Waals surface area (Å²) in [5, 5.41) is 6.35. The van der Waals surface area contributed by atoms with Crippen LogP contribution in [0.25, 0.3) is 0 Å². The summed E-state index contributed by atoms with van der Waals surface area (Å²) in [7, 11) is -0.691. The van der Waals surface area contributed by atoms with Crippen molar-refractivity contribution in [3.63, 3.8) is 0 Å². The van der Waals surface area contributed by atoms with E-state index < -0.39 is 10.0 Å². The quantitative estimate of drug-likeness (QED) is 0.472. The fourth-order valence-electron chi connectivity index (χ4n) is 2.46. The molecule has 0 radical (unpaired) electrons. The van der Waals surface area contributed by atoms with E-state index in [1.54, 1.807) is 50.6 Å². The molecular formula is C19H19N5O4S2. The molecule has 9 nitrogen and oxygen atoms in total. The van der Waals surface area contributed by atoms with Crippen molar-refractivity contribution in [2.45, 2.75) is 4.90 Å². The van der Waals surface area contributed by atoms with Gasteiger partial charge in [0.2, 0.25) is 5.95 Å². The van der Waals surface area contributed by atoms with Crippen LogP contribution in [0, 0.1) is 0 Å². The van der Waals surface area contributed by atoms with E-state index in [4.69, 9.17) is 21.7 Å². The highest BCUT2D eigenvalue weighted by Crippen LogP contribution is 2.29. The summed E-state index contributed by atoms with van der Waals surface area (Å²) in [5.74, 6) is 1.17. The van der Waals surface area contributed by atoms with Crippen LogP contribution in [0.2, 0.25) is 0 Å². The monoisotopic (exact) mass is 445 g/mol. The smallest absolute Gasteiger partial charge is 0.264 e. The average Bonchev–Trinajstić information content (AvgIpc) is 2.74. The summed E-state index contributed by atoms with van der Waals surface area (Å²) in [6.07, 6.45) is 2.90. The maximum Gasteiger partial charge on any atom is 0.264 e. The van der Waals surface area contributed by atoms with Crippen LogP contribution >= 0.6 is 12.2 Å². The lowest BCUT2D eigenvalue weighted by molar-refractivity contribution is 0.355. The highest BCUT2D eigenvalue weighted by Gasteiger charge is 2.15. The van der Waals surface area contributed by atoms with Crippen molar-refractivity contribution < 1.29 is 17.9 Å². The number of sulfonamides is 1. The first kappa shape index (κ1) is 21.3. The minimum atomic E-state index is -3.80. The second kappa shape index (κ2) is 9.37. The molecule has 0 saturated heterocycles. The molecule has 11 heteroatoms. The zero-order valence-corrected chi connectivity index (χ0v) is 17.8. The number of aromatic nitrogens is 2. The Kier molecular flexibility index (Phi) is 6.65. The highest BCUT2D eigenvalue weighted by molar-refractivity contribution is 7.92. The molecule has 2 aromatic carbocycles. The van der Waals surface area contributed by atoms with E-state index in [2.05, 4.69) is 25.3 Å². The standard InChI is InChI=1S/C19H19N5O4S2/c1-27-16-9-6-14(12-17(16)28-2)23-19(29)22-13-4-7-15(8-5-13)30(25,26)24-18-20-10-3-11-21-18/h3-12H,1-2H3,(H,20,21,24)(H2,22,23,29). The van der Waals surface area contributed by atoms with Gasteiger partial charge >= 0.3 is 0 Å². The van der Waals surface area contributed by atoms with E-state index in [1.165, 1.54) is 24.5 Å². The zero-order chi connectivity index (χ0) is 21.6. The Labute approximate surface area is 179 Å². The summed E-state index contributed by atoms with van der Waals surface area (Å²) >= 11 is 5.31. The molecule has 3 aromatic rings. The number of rotatable bonds is 7. The molecule has 0 unspecified atom stereocenters. The minimum absolute atomic E-state index is 0.000000897. The summed E-state index contributed by atoms with van der Waals surface area (Å²) in [5.41, 5.74) is 1.32. The fourth-order valence-corrected chi connectivity index (χ4v) is 3.65. The first-order chi connectivity index (χ1) is 14.4. The lowest BCUT2D eigenvalue weighted by Crippen LogP contribution is -2.19. The summed E-state index contributed by atoms with van der Waals surface area (Å²) < 4.78 is 37.6. The maximum atomic E-state index is 12.4. The number of benzene rings is 2. The molecule has 0 saturated carbocycles. The third-order valence-corrected chi connectivity index (χ3v) is 5.40. The van der Waals surface area contributed by atoms with Crippen LogP contribution in [0.1, 0.15) is 0 Å². The van der Waals surface area contributed by atoms with Gasteiger partial charge in [0.25, 0.3) is 10.0 Å². The molecule has 156 valence electrons. The van der Waals surface area contributed by atoms with Crippen LogP contribution in [0.15, 0.2) is 65.8 Å². The van der Waals surface area contributed by atoms with E-state index in [1.807, 2.05) is 0 Å². The van der Waals surface area contributed by atoms with Crippen LogP contribution in [0.4, 0.5) is 17.3 Å². The van der Waals surface area contributed by atoms with Gasteiger partial charge < -0.3 is 20.1 Å². The van der Waals surface area contributed by atoms with Crippen molar-refractivity contribution in [3.05, 3.63) is 60.9 Å².